The van der Waals surface area contributed by atoms with Gasteiger partial charge in [0.1, 0.15) is 0 Å². The molecule has 1 heterocycles. The molecule has 1 saturated heterocycles. The summed E-state index contributed by atoms with van der Waals surface area (Å²) in [6.07, 6.45) is 11.0. The van der Waals surface area contributed by atoms with Gasteiger partial charge in [0, 0.05) is 0 Å². The van der Waals surface area contributed by atoms with E-state index in [1.807, 2.05) is 11.1 Å². The summed E-state index contributed by atoms with van der Waals surface area (Å²) in [4.78, 5) is 0. The Morgan fingerprint density at radius 1 is 0.578 bits per heavy atom. The molecule has 0 amide bonds. The van der Waals surface area contributed by atoms with Gasteiger partial charge in [-0.05, 0) is 0 Å². The van der Waals surface area contributed by atoms with E-state index in [-0.39, 0.29) is 0 Å². The molecule has 3 aliphatic rings. The molecule has 3 heteroatoms. The molecule has 1 aliphatic heterocycles. The van der Waals surface area contributed by atoms with Crippen LogP contribution in [-0.2, 0) is 38.9 Å². The molecule has 5 rings (SSSR count). The fraction of sp³-hybridized carbons (Fsp3) is 0.619. The van der Waals surface area contributed by atoms with Crippen molar-refractivity contribution in [2.24, 2.45) is 0 Å². The standard InChI is InChI=1S/2C17H23.C4H8Si.4CH3.2Zr/c2*1-6-13-7-15-9-14(11(2)3)10-16(12(4)5)17(15)8-13;1-2-4-5-3-1;;;;;;/h2*7-12H,6H2,1-5H3;1-4H2;4*1H3;;. The normalized spacial score (nSPS) is 21.3. The van der Waals surface area contributed by atoms with Crippen LogP contribution in [0.5, 0.6) is 0 Å². The van der Waals surface area contributed by atoms with E-state index in [4.69, 9.17) is 0 Å². The Balaban J connectivity index is 1.73. The molecule has 2 unspecified atom stereocenters. The summed E-state index contributed by atoms with van der Waals surface area (Å²) >= 11 is -5.61. The first-order chi connectivity index (χ1) is 21.0. The predicted octanol–water partition coefficient (Wildman–Crippen LogP) is 14.3. The van der Waals surface area contributed by atoms with Crippen LogP contribution in [0.3, 0.4) is 0 Å². The van der Waals surface area contributed by atoms with Crippen molar-refractivity contribution in [3.8, 4) is 0 Å². The molecule has 45 heavy (non-hydrogen) atoms. The molecule has 0 radical (unpaired) electrons. The zero-order valence-electron chi connectivity index (χ0n) is 31.7. The molecule has 0 aromatic heterocycles. The minimum atomic E-state index is -2.81. The number of fused-ring (bicyclic) bond motifs is 2. The average molecular weight is 782 g/mol. The minimum absolute atomic E-state index is 0.578. The van der Waals surface area contributed by atoms with Crippen LogP contribution in [0.2, 0.25) is 30.6 Å². The van der Waals surface area contributed by atoms with Crippen LogP contribution in [0.25, 0.3) is 12.2 Å². The van der Waals surface area contributed by atoms with Crippen LogP contribution in [-0.4, -0.2) is 2.33 Å². The second-order valence-corrected chi connectivity index (χ2v) is 78.9. The fourth-order valence-corrected chi connectivity index (χ4v) is 163. The summed E-state index contributed by atoms with van der Waals surface area (Å²) < 4.78 is 12.2. The quantitative estimate of drug-likeness (QED) is 0.211. The number of hydrogen-bond acceptors (Lipinski definition) is 0. The van der Waals surface area contributed by atoms with E-state index in [9.17, 15) is 0 Å². The first-order valence-electron chi connectivity index (χ1n) is 18.8. The third-order valence-electron chi connectivity index (χ3n) is 13.3. The van der Waals surface area contributed by atoms with Crippen molar-refractivity contribution >= 4 is 14.5 Å². The monoisotopic (exact) mass is 778 g/mol. The third kappa shape index (κ3) is 5.84. The van der Waals surface area contributed by atoms with E-state index in [1.54, 1.807) is 56.6 Å². The van der Waals surface area contributed by atoms with E-state index in [1.165, 1.54) is 25.7 Å². The first-order valence-corrected chi connectivity index (χ1v) is 41.3. The summed E-state index contributed by atoms with van der Waals surface area (Å²) in [6, 6.07) is 14.0. The van der Waals surface area contributed by atoms with Gasteiger partial charge in [0.05, 0.1) is 0 Å². The van der Waals surface area contributed by atoms with Crippen molar-refractivity contribution < 1.29 is 38.9 Å². The van der Waals surface area contributed by atoms with Gasteiger partial charge in [0.2, 0.25) is 0 Å². The Labute approximate surface area is 287 Å². The van der Waals surface area contributed by atoms with Crippen molar-refractivity contribution in [2.45, 2.75) is 156 Å². The molecule has 0 nitrogen and oxygen atoms in total. The van der Waals surface area contributed by atoms with E-state index >= 15 is 0 Å². The third-order valence-corrected chi connectivity index (χ3v) is 135. The van der Waals surface area contributed by atoms with Crippen molar-refractivity contribution in [1.29, 1.82) is 0 Å². The summed E-state index contributed by atoms with van der Waals surface area (Å²) in [5, 5.41) is 0. The predicted molar refractivity (Wildman–Crippen MR) is 199 cm³/mol. The van der Waals surface area contributed by atoms with Gasteiger partial charge >= 0.3 is 290 Å². The van der Waals surface area contributed by atoms with Crippen LogP contribution in [0.1, 0.15) is 170 Å². The molecule has 0 N–H and O–H groups in total. The van der Waals surface area contributed by atoms with E-state index in [2.05, 4.69) is 124 Å². The second kappa shape index (κ2) is 13.3. The van der Waals surface area contributed by atoms with E-state index in [0.29, 0.717) is 23.7 Å². The average Bonchev–Trinajstić information content (AvgIpc) is 3.71. The Morgan fingerprint density at radius 3 is 1.22 bits per heavy atom. The van der Waals surface area contributed by atoms with Crippen molar-refractivity contribution in [3.63, 3.8) is 0 Å². The molecule has 2 atom stereocenters. The molecule has 0 saturated carbocycles. The van der Waals surface area contributed by atoms with Gasteiger partial charge in [-0.3, -0.25) is 0 Å². The van der Waals surface area contributed by atoms with Gasteiger partial charge in [-0.2, -0.15) is 0 Å². The number of allylic oxidation sites excluding steroid dienone is 2. The molecule has 2 aromatic carbocycles. The zero-order chi connectivity index (χ0) is 33.2. The summed E-state index contributed by atoms with van der Waals surface area (Å²) in [5.41, 5.74) is 17.0. The molecule has 246 valence electrons. The molecular weight excluding hydrogens is 715 g/mol. The Bertz CT molecular complexity index is 1390. The van der Waals surface area contributed by atoms with E-state index < -0.39 is 41.2 Å². The summed E-state index contributed by atoms with van der Waals surface area (Å²) in [7, 11) is 0. The number of rotatable bonds is 10. The molecule has 0 bridgehead atoms. The fourth-order valence-electron chi connectivity index (χ4n) is 10.8. The van der Waals surface area contributed by atoms with Gasteiger partial charge in [-0.1, -0.05) is 0 Å². The van der Waals surface area contributed by atoms with Crippen LogP contribution < -0.4 is 0 Å². The number of hydrogen-bond donors (Lipinski definition) is 0. The maximum absolute atomic E-state index is 3.03. The van der Waals surface area contributed by atoms with Crippen molar-refractivity contribution in [1.82, 2.24) is 0 Å². The van der Waals surface area contributed by atoms with Gasteiger partial charge in [0.15, 0.2) is 0 Å². The molecule has 1 fully saturated rings. The van der Waals surface area contributed by atoms with Gasteiger partial charge in [0.25, 0.3) is 0 Å². The van der Waals surface area contributed by atoms with Crippen LogP contribution in [0, 0.1) is 0 Å². The van der Waals surface area contributed by atoms with Gasteiger partial charge < -0.3 is 0 Å². The van der Waals surface area contributed by atoms with Crippen molar-refractivity contribution in [2.75, 3.05) is 0 Å². The Kier molecular flexibility index (Phi) is 10.7. The summed E-state index contributed by atoms with van der Waals surface area (Å²) in [6.45, 7) is 24.3. The summed E-state index contributed by atoms with van der Waals surface area (Å²) in [5.74, 6) is 2.33. The maximum atomic E-state index is 3.03. The van der Waals surface area contributed by atoms with Crippen LogP contribution in [0.15, 0.2) is 35.4 Å². The van der Waals surface area contributed by atoms with Gasteiger partial charge in [-0.15, -0.1) is 0 Å². The Morgan fingerprint density at radius 2 is 0.933 bits per heavy atom. The number of benzene rings is 2. The second-order valence-electron chi connectivity index (χ2n) is 17.6. The Hall–Kier alpha value is -0.0969. The topological polar surface area (TPSA) is 0 Å². The molecular formula is C42H66SiZr2. The first kappa shape index (κ1) is 36.2. The molecule has 2 aromatic rings. The van der Waals surface area contributed by atoms with E-state index in [0.717, 1.165) is 7.25 Å². The molecule has 0 spiro atoms. The molecule has 2 aliphatic carbocycles. The SMILES string of the molecule is CCC1=Cc2c(C(C)C)cc(C(C)C)cc2[CH]1[Zr]([CH3])([CH3])[Si]1([Zr]([CH3])([CH3])[CH]2C(CC)=Cc3c(C(C)C)cc(C(C)C)cc32)CCCC1. The zero-order valence-corrected chi connectivity index (χ0v) is 37.6. The van der Waals surface area contributed by atoms with Crippen molar-refractivity contribution in [3.05, 3.63) is 79.9 Å². The van der Waals surface area contributed by atoms with Crippen LogP contribution in [0.4, 0.5) is 0 Å². The van der Waals surface area contributed by atoms with Crippen LogP contribution >= 0.6 is 0 Å². The van der Waals surface area contributed by atoms with Gasteiger partial charge in [-0.25, -0.2) is 0 Å².